The molecule has 0 radical (unpaired) electrons. The van der Waals surface area contributed by atoms with Crippen LogP contribution in [-0.2, 0) is 11.3 Å². The summed E-state index contributed by atoms with van der Waals surface area (Å²) in [7, 11) is 0. The zero-order valence-electron chi connectivity index (χ0n) is 19.0. The van der Waals surface area contributed by atoms with Gasteiger partial charge in [0.15, 0.2) is 5.82 Å². The Morgan fingerprint density at radius 1 is 1.16 bits per heavy atom. The van der Waals surface area contributed by atoms with Crippen LogP contribution in [0.2, 0.25) is 0 Å². The minimum Gasteiger partial charge on any atom is -0.376 e. The minimum atomic E-state index is -0.278. The van der Waals surface area contributed by atoms with Crippen LogP contribution in [0.15, 0.2) is 23.0 Å². The lowest BCUT2D eigenvalue weighted by Crippen LogP contribution is -2.36. The van der Waals surface area contributed by atoms with E-state index in [0.717, 1.165) is 67.7 Å². The number of ether oxygens (including phenoxy) is 1. The molecule has 5 rings (SSSR count). The Hall–Kier alpha value is -2.58. The molecule has 0 amide bonds. The number of tetrazole rings is 1. The molecule has 1 N–H and O–H groups in total. The van der Waals surface area contributed by atoms with E-state index in [9.17, 15) is 4.79 Å². The molecule has 2 fully saturated rings. The van der Waals surface area contributed by atoms with Crippen LogP contribution in [0.1, 0.15) is 67.1 Å². The van der Waals surface area contributed by atoms with E-state index in [4.69, 9.17) is 4.74 Å². The molecular weight excluding hydrogens is 404 g/mol. The predicted molar refractivity (Wildman–Crippen MR) is 123 cm³/mol. The molecule has 4 heterocycles. The first-order chi connectivity index (χ1) is 15.6. The Balaban J connectivity index is 1.61. The van der Waals surface area contributed by atoms with Gasteiger partial charge in [0.25, 0.3) is 5.56 Å². The van der Waals surface area contributed by atoms with Crippen molar-refractivity contribution in [2.75, 3.05) is 19.7 Å². The van der Waals surface area contributed by atoms with E-state index in [1.165, 1.54) is 18.4 Å². The molecule has 0 unspecified atom stereocenters. The van der Waals surface area contributed by atoms with Crippen molar-refractivity contribution in [2.45, 2.75) is 71.1 Å². The first-order valence-corrected chi connectivity index (χ1v) is 11.9. The molecule has 2 atom stereocenters. The van der Waals surface area contributed by atoms with Crippen molar-refractivity contribution in [1.82, 2.24) is 30.1 Å². The van der Waals surface area contributed by atoms with Gasteiger partial charge in [0.05, 0.1) is 18.2 Å². The number of aromatic nitrogens is 5. The average molecular weight is 437 g/mol. The summed E-state index contributed by atoms with van der Waals surface area (Å²) < 4.78 is 7.70. The molecule has 2 aromatic heterocycles. The maximum atomic E-state index is 13.4. The number of aryl methyl sites for hydroxylation is 2. The van der Waals surface area contributed by atoms with Gasteiger partial charge in [-0.1, -0.05) is 25.0 Å². The summed E-state index contributed by atoms with van der Waals surface area (Å²) >= 11 is 0. The Kier molecular flexibility index (Phi) is 6.06. The van der Waals surface area contributed by atoms with Gasteiger partial charge in [-0.25, -0.2) is 4.68 Å². The van der Waals surface area contributed by atoms with Gasteiger partial charge in [-0.3, -0.25) is 9.69 Å². The molecule has 2 aliphatic rings. The standard InChI is InChI=1S/C24H32N6O2/c1-16-9-10-18-14-20(24(31)25-21(18)17(16)2)22(29-11-5-3-4-6-12-29)23-26-27-28-30(23)15-19-8-7-13-32-19/h9-10,14,19,22H,3-8,11-13,15H2,1-2H3,(H,25,31)/t19-,22+/m1/s1. The topological polar surface area (TPSA) is 88.9 Å². The Bertz CT molecular complexity index is 1140. The van der Waals surface area contributed by atoms with Crippen LogP contribution in [0.25, 0.3) is 10.9 Å². The minimum absolute atomic E-state index is 0.0629. The van der Waals surface area contributed by atoms with Crippen molar-refractivity contribution in [1.29, 1.82) is 0 Å². The molecule has 0 spiro atoms. The van der Waals surface area contributed by atoms with Crippen molar-refractivity contribution in [3.05, 3.63) is 51.1 Å². The molecule has 2 aliphatic heterocycles. The molecular formula is C24H32N6O2. The number of likely N-dealkylation sites (tertiary alicyclic amines) is 1. The number of hydrogen-bond donors (Lipinski definition) is 1. The second-order valence-corrected chi connectivity index (χ2v) is 9.23. The van der Waals surface area contributed by atoms with Gasteiger partial charge < -0.3 is 9.72 Å². The van der Waals surface area contributed by atoms with Gasteiger partial charge in [0.1, 0.15) is 6.04 Å². The lowest BCUT2D eigenvalue weighted by Gasteiger charge is -2.30. The molecule has 0 bridgehead atoms. The van der Waals surface area contributed by atoms with E-state index in [2.05, 4.69) is 51.4 Å². The molecule has 0 saturated carbocycles. The lowest BCUT2D eigenvalue weighted by molar-refractivity contribution is 0.0909. The predicted octanol–water partition coefficient (Wildman–Crippen LogP) is 3.28. The monoisotopic (exact) mass is 436 g/mol. The van der Waals surface area contributed by atoms with E-state index < -0.39 is 0 Å². The summed E-state index contributed by atoms with van der Waals surface area (Å²) in [6, 6.07) is 5.97. The fourth-order valence-electron chi connectivity index (χ4n) is 5.12. The summed E-state index contributed by atoms with van der Waals surface area (Å²) in [6.45, 7) is 7.41. The molecule has 3 aromatic rings. The maximum absolute atomic E-state index is 13.4. The van der Waals surface area contributed by atoms with Gasteiger partial charge in [0, 0.05) is 12.2 Å². The van der Waals surface area contributed by atoms with Crippen molar-refractivity contribution in [3.8, 4) is 0 Å². The summed E-state index contributed by atoms with van der Waals surface area (Å²) in [5.41, 5.74) is 3.84. The van der Waals surface area contributed by atoms with Gasteiger partial charge in [-0.2, -0.15) is 0 Å². The summed E-state index contributed by atoms with van der Waals surface area (Å²) in [4.78, 5) is 19.0. The number of nitrogens with zero attached hydrogens (tertiary/aromatic N) is 5. The zero-order valence-corrected chi connectivity index (χ0v) is 19.0. The normalized spacial score (nSPS) is 21.1. The van der Waals surface area contributed by atoms with Crippen LogP contribution in [0.5, 0.6) is 0 Å². The fraction of sp³-hybridized carbons (Fsp3) is 0.583. The Morgan fingerprint density at radius 3 is 2.72 bits per heavy atom. The van der Waals surface area contributed by atoms with E-state index in [0.29, 0.717) is 12.1 Å². The number of H-pyrrole nitrogens is 1. The Labute approximate surface area is 188 Å². The smallest absolute Gasteiger partial charge is 0.253 e. The van der Waals surface area contributed by atoms with Crippen LogP contribution in [0, 0.1) is 13.8 Å². The van der Waals surface area contributed by atoms with Crippen LogP contribution in [0.4, 0.5) is 0 Å². The summed E-state index contributed by atoms with van der Waals surface area (Å²) in [5, 5.41) is 13.8. The van der Waals surface area contributed by atoms with Crippen molar-refractivity contribution in [2.24, 2.45) is 0 Å². The molecule has 170 valence electrons. The molecule has 1 aromatic carbocycles. The van der Waals surface area contributed by atoms with Gasteiger partial charge in [0.2, 0.25) is 0 Å². The van der Waals surface area contributed by atoms with E-state index in [1.54, 1.807) is 0 Å². The number of nitrogens with one attached hydrogen (secondary N) is 1. The molecule has 2 saturated heterocycles. The quantitative estimate of drug-likeness (QED) is 0.660. The molecule has 0 aliphatic carbocycles. The van der Waals surface area contributed by atoms with Crippen LogP contribution in [0.3, 0.4) is 0 Å². The van der Waals surface area contributed by atoms with Crippen molar-refractivity contribution >= 4 is 10.9 Å². The number of hydrogen-bond acceptors (Lipinski definition) is 6. The largest absolute Gasteiger partial charge is 0.376 e. The van der Waals surface area contributed by atoms with Crippen LogP contribution < -0.4 is 5.56 Å². The highest BCUT2D eigenvalue weighted by Crippen LogP contribution is 2.30. The molecule has 32 heavy (non-hydrogen) atoms. The highest BCUT2D eigenvalue weighted by molar-refractivity contribution is 5.83. The van der Waals surface area contributed by atoms with Crippen LogP contribution in [-0.4, -0.2) is 55.9 Å². The Morgan fingerprint density at radius 2 is 1.97 bits per heavy atom. The highest BCUT2D eigenvalue weighted by Gasteiger charge is 2.32. The fourth-order valence-corrected chi connectivity index (χ4v) is 5.12. The van der Waals surface area contributed by atoms with E-state index in [1.807, 2.05) is 10.7 Å². The van der Waals surface area contributed by atoms with Crippen LogP contribution >= 0.6 is 0 Å². The highest BCUT2D eigenvalue weighted by atomic mass is 16.5. The SMILES string of the molecule is Cc1ccc2cc([C@@H](c3nnnn3C[C@H]3CCCO3)N3CCCCCC3)c(=O)[nH]c2c1C. The van der Waals surface area contributed by atoms with E-state index >= 15 is 0 Å². The molecule has 8 heteroatoms. The second kappa shape index (κ2) is 9.11. The zero-order chi connectivity index (χ0) is 22.1. The summed E-state index contributed by atoms with van der Waals surface area (Å²) in [6.07, 6.45) is 6.89. The number of aromatic amines is 1. The van der Waals surface area contributed by atoms with E-state index in [-0.39, 0.29) is 17.7 Å². The third-order valence-corrected chi connectivity index (χ3v) is 7.08. The number of benzene rings is 1. The molecule has 8 nitrogen and oxygen atoms in total. The lowest BCUT2D eigenvalue weighted by atomic mass is 10.00. The van der Waals surface area contributed by atoms with Gasteiger partial charge in [-0.15, -0.1) is 5.10 Å². The third-order valence-electron chi connectivity index (χ3n) is 7.08. The van der Waals surface area contributed by atoms with Gasteiger partial charge in [-0.05, 0) is 85.6 Å². The first kappa shape index (κ1) is 21.3. The maximum Gasteiger partial charge on any atom is 0.253 e. The average Bonchev–Trinajstić information content (AvgIpc) is 3.39. The van der Waals surface area contributed by atoms with Gasteiger partial charge >= 0.3 is 0 Å². The first-order valence-electron chi connectivity index (χ1n) is 11.9. The second-order valence-electron chi connectivity index (χ2n) is 9.23. The number of fused-ring (bicyclic) bond motifs is 1. The number of pyridine rings is 1. The number of rotatable bonds is 5. The summed E-state index contributed by atoms with van der Waals surface area (Å²) in [5.74, 6) is 0.732. The van der Waals surface area contributed by atoms with Crippen molar-refractivity contribution in [3.63, 3.8) is 0 Å². The third kappa shape index (κ3) is 4.09. The van der Waals surface area contributed by atoms with Crippen molar-refractivity contribution < 1.29 is 4.74 Å².